The summed E-state index contributed by atoms with van der Waals surface area (Å²) in [5.74, 6) is 2.85. The van der Waals surface area contributed by atoms with Crippen molar-refractivity contribution in [2.75, 3.05) is 0 Å². The molecule has 17 heavy (non-hydrogen) atoms. The number of Topliss-reactive ketones (excluding diaryl/α,β-unsaturated/α-hetero) is 1. The molecule has 3 aliphatic rings. The van der Waals surface area contributed by atoms with Gasteiger partial charge in [0.2, 0.25) is 0 Å². The zero-order valence-corrected chi connectivity index (χ0v) is 10.3. The van der Waals surface area contributed by atoms with Gasteiger partial charge in [-0.3, -0.25) is 9.59 Å². The zero-order chi connectivity index (χ0) is 11.8. The maximum atomic E-state index is 11.4. The van der Waals surface area contributed by atoms with Crippen molar-refractivity contribution < 1.29 is 9.59 Å². The van der Waals surface area contributed by atoms with Crippen molar-refractivity contribution in [3.05, 3.63) is 11.6 Å². The highest BCUT2D eigenvalue weighted by Crippen LogP contribution is 2.44. The second-order valence-corrected chi connectivity index (χ2v) is 6.00. The molecule has 0 bridgehead atoms. The van der Waals surface area contributed by atoms with Crippen LogP contribution < -0.4 is 0 Å². The molecule has 3 aliphatic carbocycles. The molecular weight excluding hydrogens is 212 g/mol. The third-order valence-electron chi connectivity index (χ3n) is 4.95. The lowest BCUT2D eigenvalue weighted by atomic mass is 9.69. The summed E-state index contributed by atoms with van der Waals surface area (Å²) >= 11 is 0. The molecule has 0 heterocycles. The summed E-state index contributed by atoms with van der Waals surface area (Å²) in [6.07, 6.45) is 10.0. The van der Waals surface area contributed by atoms with Crippen molar-refractivity contribution in [3.63, 3.8) is 0 Å². The maximum absolute atomic E-state index is 11.4. The first kappa shape index (κ1) is 11.2. The first-order valence-corrected chi connectivity index (χ1v) is 6.97. The number of carbonyl (C=O) groups is 2. The van der Waals surface area contributed by atoms with Crippen LogP contribution in [0.3, 0.4) is 0 Å². The van der Waals surface area contributed by atoms with Gasteiger partial charge in [-0.15, -0.1) is 0 Å². The highest BCUT2D eigenvalue weighted by Gasteiger charge is 2.35. The first-order chi connectivity index (χ1) is 8.22. The van der Waals surface area contributed by atoms with Crippen LogP contribution in [0.25, 0.3) is 0 Å². The lowest BCUT2D eigenvalue weighted by Crippen LogP contribution is -2.26. The van der Waals surface area contributed by atoms with Crippen molar-refractivity contribution in [3.8, 4) is 0 Å². The third kappa shape index (κ3) is 2.22. The summed E-state index contributed by atoms with van der Waals surface area (Å²) in [7, 11) is 0. The van der Waals surface area contributed by atoms with Crippen molar-refractivity contribution in [1.82, 2.24) is 0 Å². The van der Waals surface area contributed by atoms with Gasteiger partial charge in [-0.25, -0.2) is 0 Å². The van der Waals surface area contributed by atoms with Crippen LogP contribution in [0.4, 0.5) is 0 Å². The summed E-state index contributed by atoms with van der Waals surface area (Å²) in [5, 5.41) is 0. The Bertz CT molecular complexity index is 380. The van der Waals surface area contributed by atoms with Crippen LogP contribution in [0, 0.1) is 17.8 Å². The molecule has 0 saturated heterocycles. The number of rotatable bonds is 1. The minimum absolute atomic E-state index is 0.325. The molecule has 0 aromatic rings. The van der Waals surface area contributed by atoms with E-state index in [0.717, 1.165) is 44.4 Å². The van der Waals surface area contributed by atoms with Crippen molar-refractivity contribution in [1.29, 1.82) is 0 Å². The average molecular weight is 232 g/mol. The van der Waals surface area contributed by atoms with Crippen molar-refractivity contribution in [2.24, 2.45) is 17.8 Å². The van der Waals surface area contributed by atoms with Gasteiger partial charge in [-0.05, 0) is 55.9 Å². The molecule has 0 spiro atoms. The van der Waals surface area contributed by atoms with Gasteiger partial charge >= 0.3 is 0 Å². The summed E-state index contributed by atoms with van der Waals surface area (Å²) in [5.41, 5.74) is 1.40. The molecule has 0 radical (unpaired) electrons. The number of allylic oxidation sites excluding steroid dienone is 2. The molecular formula is C15H20O2. The highest BCUT2D eigenvalue weighted by atomic mass is 16.1. The number of ketones is 2. The van der Waals surface area contributed by atoms with E-state index in [1.807, 2.05) is 6.08 Å². The minimum atomic E-state index is 0.325. The number of hydrogen-bond acceptors (Lipinski definition) is 2. The summed E-state index contributed by atoms with van der Waals surface area (Å²) in [4.78, 5) is 22.7. The molecule has 92 valence electrons. The van der Waals surface area contributed by atoms with E-state index in [2.05, 4.69) is 0 Å². The monoisotopic (exact) mass is 232 g/mol. The normalized spacial score (nSPS) is 37.9. The minimum Gasteiger partial charge on any atom is -0.300 e. The topological polar surface area (TPSA) is 34.1 Å². The lowest BCUT2D eigenvalue weighted by molar-refractivity contribution is -0.117. The summed E-state index contributed by atoms with van der Waals surface area (Å²) in [6, 6.07) is 0. The van der Waals surface area contributed by atoms with E-state index in [-0.39, 0.29) is 0 Å². The molecule has 0 aromatic carbocycles. The molecule has 2 fully saturated rings. The van der Waals surface area contributed by atoms with Crippen LogP contribution in [0.2, 0.25) is 0 Å². The SMILES string of the molecule is O=C1C=C2CC[C@H]([C@H]3CCC(=O)C3)C[C@@H]2CC1. The third-order valence-corrected chi connectivity index (χ3v) is 4.95. The predicted molar refractivity (Wildman–Crippen MR) is 65.5 cm³/mol. The molecule has 0 aliphatic heterocycles. The van der Waals surface area contributed by atoms with E-state index in [1.165, 1.54) is 18.4 Å². The Morgan fingerprint density at radius 1 is 0.941 bits per heavy atom. The molecule has 0 aromatic heterocycles. The fourth-order valence-corrected chi connectivity index (χ4v) is 3.95. The van der Waals surface area contributed by atoms with Gasteiger partial charge < -0.3 is 0 Å². The molecule has 2 saturated carbocycles. The first-order valence-electron chi connectivity index (χ1n) is 6.97. The quantitative estimate of drug-likeness (QED) is 0.696. The summed E-state index contributed by atoms with van der Waals surface area (Å²) < 4.78 is 0. The Morgan fingerprint density at radius 3 is 2.53 bits per heavy atom. The lowest BCUT2D eigenvalue weighted by Gasteiger charge is -2.36. The van der Waals surface area contributed by atoms with E-state index in [9.17, 15) is 9.59 Å². The molecule has 0 amide bonds. The van der Waals surface area contributed by atoms with Gasteiger partial charge in [0.15, 0.2) is 5.78 Å². The van der Waals surface area contributed by atoms with Gasteiger partial charge in [-0.2, -0.15) is 0 Å². The number of fused-ring (bicyclic) bond motifs is 1. The Hall–Kier alpha value is -0.920. The molecule has 0 N–H and O–H groups in total. The number of hydrogen-bond donors (Lipinski definition) is 0. The second-order valence-electron chi connectivity index (χ2n) is 6.00. The van der Waals surface area contributed by atoms with Crippen molar-refractivity contribution >= 4 is 11.6 Å². The standard InChI is InChI=1S/C15H20O2/c16-14-5-3-11-7-10(1-2-12(11)8-14)13-4-6-15(17)9-13/h8,10-11,13H,1-7,9H2/t10-,11-,13-/m0/s1. The Morgan fingerprint density at radius 2 is 1.76 bits per heavy atom. The van der Waals surface area contributed by atoms with Gasteiger partial charge in [0, 0.05) is 19.3 Å². The maximum Gasteiger partial charge on any atom is 0.155 e. The Balaban J connectivity index is 1.67. The highest BCUT2D eigenvalue weighted by molar-refractivity contribution is 5.91. The van der Waals surface area contributed by atoms with Gasteiger partial charge in [0.25, 0.3) is 0 Å². The van der Waals surface area contributed by atoms with Crippen LogP contribution >= 0.6 is 0 Å². The van der Waals surface area contributed by atoms with E-state index < -0.39 is 0 Å². The van der Waals surface area contributed by atoms with Crippen LogP contribution in [-0.2, 0) is 9.59 Å². The van der Waals surface area contributed by atoms with Crippen LogP contribution in [0.5, 0.6) is 0 Å². The number of carbonyl (C=O) groups excluding carboxylic acids is 2. The fraction of sp³-hybridized carbons (Fsp3) is 0.733. The van der Waals surface area contributed by atoms with Crippen LogP contribution in [0.1, 0.15) is 51.4 Å². The van der Waals surface area contributed by atoms with Gasteiger partial charge in [0.1, 0.15) is 5.78 Å². The van der Waals surface area contributed by atoms with Crippen LogP contribution in [0.15, 0.2) is 11.6 Å². The van der Waals surface area contributed by atoms with Crippen molar-refractivity contribution in [2.45, 2.75) is 51.4 Å². The van der Waals surface area contributed by atoms with E-state index in [0.29, 0.717) is 23.4 Å². The molecule has 0 unspecified atom stereocenters. The largest absolute Gasteiger partial charge is 0.300 e. The average Bonchev–Trinajstić information content (AvgIpc) is 2.75. The van der Waals surface area contributed by atoms with Crippen LogP contribution in [-0.4, -0.2) is 11.6 Å². The van der Waals surface area contributed by atoms with Gasteiger partial charge in [0.05, 0.1) is 0 Å². The van der Waals surface area contributed by atoms with E-state index >= 15 is 0 Å². The molecule has 3 rings (SSSR count). The zero-order valence-electron chi connectivity index (χ0n) is 10.3. The van der Waals surface area contributed by atoms with E-state index in [4.69, 9.17) is 0 Å². The Labute approximate surface area is 102 Å². The molecule has 2 nitrogen and oxygen atoms in total. The molecule has 3 atom stereocenters. The predicted octanol–water partition coefficient (Wildman–Crippen LogP) is 3.06. The van der Waals surface area contributed by atoms with E-state index in [1.54, 1.807) is 0 Å². The fourth-order valence-electron chi connectivity index (χ4n) is 3.95. The smallest absolute Gasteiger partial charge is 0.155 e. The van der Waals surface area contributed by atoms with Gasteiger partial charge in [-0.1, -0.05) is 5.57 Å². The molecule has 2 heteroatoms. The summed E-state index contributed by atoms with van der Waals surface area (Å²) in [6.45, 7) is 0. The Kier molecular flexibility index (Phi) is 2.89. The second kappa shape index (κ2) is 4.40.